The van der Waals surface area contributed by atoms with Crippen LogP contribution in [-0.2, 0) is 13.0 Å². The Morgan fingerprint density at radius 2 is 1.94 bits per heavy atom. The Kier molecular flexibility index (Phi) is 3.67. The lowest BCUT2D eigenvalue weighted by Crippen LogP contribution is -1.98. The molecule has 0 unspecified atom stereocenters. The van der Waals surface area contributed by atoms with E-state index in [0.29, 0.717) is 12.3 Å². The van der Waals surface area contributed by atoms with Crippen molar-refractivity contribution in [2.45, 2.75) is 19.9 Å². The second kappa shape index (κ2) is 5.40. The molecule has 0 fully saturated rings. The Balaban J connectivity index is 1.95. The minimum Gasteiger partial charge on any atom is -0.475 e. The highest BCUT2D eigenvalue weighted by Gasteiger charge is 2.08. The van der Waals surface area contributed by atoms with Gasteiger partial charge < -0.3 is 14.8 Å². The summed E-state index contributed by atoms with van der Waals surface area (Å²) in [7, 11) is 0. The lowest BCUT2D eigenvalue weighted by molar-refractivity contribution is 0.0660. The van der Waals surface area contributed by atoms with Crippen LogP contribution in [-0.4, -0.2) is 11.1 Å². The number of furan rings is 1. The maximum Gasteiger partial charge on any atom is 0.371 e. The molecule has 2 N–H and O–H groups in total. The first-order valence-corrected chi connectivity index (χ1v) is 5.84. The Hall–Kier alpha value is -2.23. The highest BCUT2D eigenvalue weighted by atomic mass is 16.4. The molecular weight excluding hydrogens is 230 g/mol. The zero-order valence-corrected chi connectivity index (χ0v) is 10.1. The van der Waals surface area contributed by atoms with Gasteiger partial charge in [0.05, 0.1) is 6.54 Å². The molecule has 0 spiro atoms. The zero-order chi connectivity index (χ0) is 13.0. The smallest absolute Gasteiger partial charge is 0.371 e. The van der Waals surface area contributed by atoms with Gasteiger partial charge in [-0.1, -0.05) is 19.1 Å². The molecule has 2 aromatic rings. The average Bonchev–Trinajstić information content (AvgIpc) is 2.86. The maximum atomic E-state index is 10.6. The largest absolute Gasteiger partial charge is 0.475 e. The van der Waals surface area contributed by atoms with Crippen LogP contribution >= 0.6 is 0 Å². The van der Waals surface area contributed by atoms with Crippen LogP contribution in [0.5, 0.6) is 0 Å². The summed E-state index contributed by atoms with van der Waals surface area (Å²) in [4.78, 5) is 10.6. The summed E-state index contributed by atoms with van der Waals surface area (Å²) in [5.41, 5.74) is 2.27. The topological polar surface area (TPSA) is 62.5 Å². The molecule has 2 rings (SSSR count). The Bertz CT molecular complexity index is 528. The van der Waals surface area contributed by atoms with Crippen LogP contribution in [0.1, 0.15) is 28.8 Å². The quantitative estimate of drug-likeness (QED) is 0.849. The maximum absolute atomic E-state index is 10.6. The van der Waals surface area contributed by atoms with Crippen LogP contribution in [0.4, 0.5) is 5.69 Å². The standard InChI is InChI=1S/C14H15NO3/c1-2-10-3-5-11(6-4-10)15-9-12-7-8-13(18-12)14(16)17/h3-8,15H,2,9H2,1H3,(H,16,17). The molecule has 18 heavy (non-hydrogen) atoms. The predicted molar refractivity (Wildman–Crippen MR) is 68.8 cm³/mol. The second-order valence-corrected chi connectivity index (χ2v) is 3.98. The van der Waals surface area contributed by atoms with Gasteiger partial charge in [-0.25, -0.2) is 4.79 Å². The molecule has 4 heteroatoms. The molecule has 0 aliphatic rings. The second-order valence-electron chi connectivity index (χ2n) is 3.98. The van der Waals surface area contributed by atoms with Crippen molar-refractivity contribution in [2.75, 3.05) is 5.32 Å². The number of aromatic carboxylic acids is 1. The van der Waals surface area contributed by atoms with E-state index in [1.54, 1.807) is 6.07 Å². The fourth-order valence-corrected chi connectivity index (χ4v) is 1.64. The van der Waals surface area contributed by atoms with Gasteiger partial charge in [-0.05, 0) is 36.2 Å². The highest BCUT2D eigenvalue weighted by molar-refractivity contribution is 5.84. The Morgan fingerprint density at radius 1 is 1.22 bits per heavy atom. The fourth-order valence-electron chi connectivity index (χ4n) is 1.64. The van der Waals surface area contributed by atoms with Gasteiger partial charge in [0.1, 0.15) is 5.76 Å². The number of carboxylic acids is 1. The van der Waals surface area contributed by atoms with E-state index in [1.807, 2.05) is 12.1 Å². The number of carboxylic acid groups (broad SMARTS) is 1. The van der Waals surface area contributed by atoms with Crippen molar-refractivity contribution in [3.05, 3.63) is 53.5 Å². The van der Waals surface area contributed by atoms with Crippen molar-refractivity contribution in [1.29, 1.82) is 0 Å². The van der Waals surface area contributed by atoms with Crippen LogP contribution in [0.15, 0.2) is 40.8 Å². The third kappa shape index (κ3) is 2.91. The minimum absolute atomic E-state index is 0.0341. The van der Waals surface area contributed by atoms with Crippen molar-refractivity contribution < 1.29 is 14.3 Å². The average molecular weight is 245 g/mol. The molecular formula is C14H15NO3. The molecule has 0 saturated heterocycles. The summed E-state index contributed by atoms with van der Waals surface area (Å²) >= 11 is 0. The molecule has 1 aromatic heterocycles. The number of hydrogen-bond acceptors (Lipinski definition) is 3. The zero-order valence-electron chi connectivity index (χ0n) is 10.1. The van der Waals surface area contributed by atoms with Crippen LogP contribution in [0.2, 0.25) is 0 Å². The summed E-state index contributed by atoms with van der Waals surface area (Å²) in [6.45, 7) is 2.58. The van der Waals surface area contributed by atoms with E-state index in [2.05, 4.69) is 24.4 Å². The minimum atomic E-state index is -1.05. The van der Waals surface area contributed by atoms with Gasteiger partial charge in [-0.2, -0.15) is 0 Å². The van der Waals surface area contributed by atoms with Gasteiger partial charge in [-0.3, -0.25) is 0 Å². The van der Waals surface area contributed by atoms with E-state index in [1.165, 1.54) is 11.6 Å². The van der Waals surface area contributed by atoms with E-state index >= 15 is 0 Å². The number of aryl methyl sites for hydroxylation is 1. The van der Waals surface area contributed by atoms with Crippen LogP contribution < -0.4 is 5.32 Å². The van der Waals surface area contributed by atoms with Gasteiger partial charge in [0.15, 0.2) is 0 Å². The summed E-state index contributed by atoms with van der Waals surface area (Å²) in [5, 5.41) is 11.9. The normalized spacial score (nSPS) is 10.3. The molecule has 0 radical (unpaired) electrons. The lowest BCUT2D eigenvalue weighted by atomic mass is 10.1. The van der Waals surface area contributed by atoms with Gasteiger partial charge in [-0.15, -0.1) is 0 Å². The molecule has 0 bridgehead atoms. The fraction of sp³-hybridized carbons (Fsp3) is 0.214. The molecule has 4 nitrogen and oxygen atoms in total. The van der Waals surface area contributed by atoms with Crippen LogP contribution in [0.3, 0.4) is 0 Å². The van der Waals surface area contributed by atoms with E-state index in [9.17, 15) is 4.79 Å². The lowest BCUT2D eigenvalue weighted by Gasteiger charge is -2.05. The summed E-state index contributed by atoms with van der Waals surface area (Å²) in [5.74, 6) is -0.478. The Labute approximate surface area is 105 Å². The highest BCUT2D eigenvalue weighted by Crippen LogP contribution is 2.13. The van der Waals surface area contributed by atoms with Gasteiger partial charge in [0.25, 0.3) is 0 Å². The molecule has 0 amide bonds. The van der Waals surface area contributed by atoms with E-state index in [-0.39, 0.29) is 5.76 Å². The molecule has 1 heterocycles. The first kappa shape index (κ1) is 12.2. The number of carbonyl (C=O) groups is 1. The number of rotatable bonds is 5. The summed E-state index contributed by atoms with van der Waals surface area (Å²) < 4.78 is 5.15. The van der Waals surface area contributed by atoms with Crippen molar-refractivity contribution in [1.82, 2.24) is 0 Å². The number of benzene rings is 1. The monoisotopic (exact) mass is 245 g/mol. The van der Waals surface area contributed by atoms with E-state index in [0.717, 1.165) is 12.1 Å². The number of anilines is 1. The SMILES string of the molecule is CCc1ccc(NCc2ccc(C(=O)O)o2)cc1. The third-order valence-corrected chi connectivity index (χ3v) is 2.70. The Morgan fingerprint density at radius 3 is 2.50 bits per heavy atom. The van der Waals surface area contributed by atoms with Crippen LogP contribution in [0.25, 0.3) is 0 Å². The number of nitrogens with one attached hydrogen (secondary N) is 1. The van der Waals surface area contributed by atoms with Crippen molar-refractivity contribution in [2.24, 2.45) is 0 Å². The summed E-state index contributed by atoms with van der Waals surface area (Å²) in [6, 6.07) is 11.2. The van der Waals surface area contributed by atoms with Crippen molar-refractivity contribution in [3.8, 4) is 0 Å². The first-order chi connectivity index (χ1) is 8.69. The van der Waals surface area contributed by atoms with Crippen molar-refractivity contribution in [3.63, 3.8) is 0 Å². The van der Waals surface area contributed by atoms with Gasteiger partial charge in [0.2, 0.25) is 5.76 Å². The summed E-state index contributed by atoms with van der Waals surface area (Å²) in [6.07, 6.45) is 1.01. The van der Waals surface area contributed by atoms with E-state index < -0.39 is 5.97 Å². The molecule has 0 atom stereocenters. The third-order valence-electron chi connectivity index (χ3n) is 2.70. The van der Waals surface area contributed by atoms with E-state index in [4.69, 9.17) is 9.52 Å². The van der Waals surface area contributed by atoms with Gasteiger partial charge in [0, 0.05) is 5.69 Å². The first-order valence-electron chi connectivity index (χ1n) is 5.84. The van der Waals surface area contributed by atoms with Crippen LogP contribution in [0, 0.1) is 0 Å². The predicted octanol–water partition coefficient (Wildman–Crippen LogP) is 3.15. The number of hydrogen-bond donors (Lipinski definition) is 2. The molecule has 0 saturated carbocycles. The molecule has 0 aliphatic heterocycles. The molecule has 0 aliphatic carbocycles. The van der Waals surface area contributed by atoms with Crippen molar-refractivity contribution >= 4 is 11.7 Å². The van der Waals surface area contributed by atoms with Gasteiger partial charge >= 0.3 is 5.97 Å². The molecule has 94 valence electrons. The molecule has 1 aromatic carbocycles.